The van der Waals surface area contributed by atoms with E-state index in [1.165, 1.54) is 31.7 Å². The van der Waals surface area contributed by atoms with Crippen LogP contribution in [0, 0.1) is 17.8 Å². The van der Waals surface area contributed by atoms with E-state index in [-0.39, 0.29) is 11.3 Å². The van der Waals surface area contributed by atoms with Crippen LogP contribution in [0.5, 0.6) is 5.75 Å². The number of ether oxygens (including phenoxy) is 1. The van der Waals surface area contributed by atoms with Gasteiger partial charge in [0.15, 0.2) is 0 Å². The standard InChI is InChI=1S/C15H19NO3/c16-14-4-3-12(7-13(14)15(17)18)19-8-11-6-9-1-2-10(11)5-9/h3-4,7,9-11H,1-2,5-6,8,16H2,(H,17,18). The van der Waals surface area contributed by atoms with Gasteiger partial charge in [0, 0.05) is 5.69 Å². The van der Waals surface area contributed by atoms with Crippen LogP contribution in [0.1, 0.15) is 36.0 Å². The predicted octanol–water partition coefficient (Wildman–Crippen LogP) is 2.78. The van der Waals surface area contributed by atoms with Crippen molar-refractivity contribution in [3.63, 3.8) is 0 Å². The van der Waals surface area contributed by atoms with Gasteiger partial charge in [0.05, 0.1) is 12.2 Å². The van der Waals surface area contributed by atoms with E-state index >= 15 is 0 Å². The Balaban J connectivity index is 1.64. The average molecular weight is 261 g/mol. The Morgan fingerprint density at radius 1 is 1.37 bits per heavy atom. The molecule has 3 rings (SSSR count). The Bertz CT molecular complexity index is 500. The smallest absolute Gasteiger partial charge is 0.337 e. The summed E-state index contributed by atoms with van der Waals surface area (Å²) < 4.78 is 5.77. The van der Waals surface area contributed by atoms with E-state index in [1.807, 2.05) is 0 Å². The van der Waals surface area contributed by atoms with Gasteiger partial charge < -0.3 is 15.6 Å². The predicted molar refractivity (Wildman–Crippen MR) is 72.2 cm³/mol. The summed E-state index contributed by atoms with van der Waals surface area (Å²) in [6, 6.07) is 4.86. The number of carboxylic acids is 1. The molecule has 2 fully saturated rings. The van der Waals surface area contributed by atoms with Crippen LogP contribution in [0.4, 0.5) is 5.69 Å². The van der Waals surface area contributed by atoms with Crippen molar-refractivity contribution >= 4 is 11.7 Å². The summed E-state index contributed by atoms with van der Waals surface area (Å²) in [5, 5.41) is 9.02. The van der Waals surface area contributed by atoms with Crippen LogP contribution >= 0.6 is 0 Å². The number of nitrogen functional groups attached to an aromatic ring is 1. The first-order valence-corrected chi connectivity index (χ1v) is 6.89. The molecule has 2 aliphatic rings. The summed E-state index contributed by atoms with van der Waals surface area (Å²) >= 11 is 0. The molecule has 2 bridgehead atoms. The average Bonchev–Trinajstić information content (AvgIpc) is 2.99. The molecule has 3 unspecified atom stereocenters. The third-order valence-electron chi connectivity index (χ3n) is 4.60. The second-order valence-electron chi connectivity index (χ2n) is 5.80. The van der Waals surface area contributed by atoms with Gasteiger partial charge in [-0.3, -0.25) is 0 Å². The lowest BCUT2D eigenvalue weighted by molar-refractivity contribution is 0.0697. The maximum Gasteiger partial charge on any atom is 0.337 e. The fraction of sp³-hybridized carbons (Fsp3) is 0.533. The molecule has 2 saturated carbocycles. The van der Waals surface area contributed by atoms with Crippen LogP contribution in [0.15, 0.2) is 18.2 Å². The van der Waals surface area contributed by atoms with Crippen LogP contribution in [-0.4, -0.2) is 17.7 Å². The fourth-order valence-electron chi connectivity index (χ4n) is 3.59. The van der Waals surface area contributed by atoms with E-state index in [9.17, 15) is 4.79 Å². The van der Waals surface area contributed by atoms with E-state index in [1.54, 1.807) is 12.1 Å². The minimum Gasteiger partial charge on any atom is -0.493 e. The molecule has 0 spiro atoms. The van der Waals surface area contributed by atoms with Crippen molar-refractivity contribution < 1.29 is 14.6 Å². The first kappa shape index (κ1) is 12.3. The molecule has 0 amide bonds. The fourth-order valence-corrected chi connectivity index (χ4v) is 3.59. The number of rotatable bonds is 4. The van der Waals surface area contributed by atoms with Gasteiger partial charge in [0.2, 0.25) is 0 Å². The van der Waals surface area contributed by atoms with Crippen molar-refractivity contribution in [3.8, 4) is 5.75 Å². The second-order valence-corrected chi connectivity index (χ2v) is 5.80. The third kappa shape index (κ3) is 2.39. The van der Waals surface area contributed by atoms with E-state index in [2.05, 4.69) is 0 Å². The van der Waals surface area contributed by atoms with Crippen LogP contribution in [0.3, 0.4) is 0 Å². The number of carboxylic acid groups (broad SMARTS) is 1. The third-order valence-corrected chi connectivity index (χ3v) is 4.60. The highest BCUT2D eigenvalue weighted by atomic mass is 16.5. The monoisotopic (exact) mass is 261 g/mol. The molecular formula is C15H19NO3. The summed E-state index contributed by atoms with van der Waals surface area (Å²) in [5.74, 6) is 1.96. The Morgan fingerprint density at radius 2 is 2.21 bits per heavy atom. The van der Waals surface area contributed by atoms with Gasteiger partial charge in [0.25, 0.3) is 0 Å². The van der Waals surface area contributed by atoms with Crippen molar-refractivity contribution in [2.45, 2.75) is 25.7 Å². The highest BCUT2D eigenvalue weighted by Gasteiger charge is 2.39. The van der Waals surface area contributed by atoms with Gasteiger partial charge in [-0.25, -0.2) is 4.79 Å². The summed E-state index contributed by atoms with van der Waals surface area (Å²) in [4.78, 5) is 11.0. The van der Waals surface area contributed by atoms with E-state index in [0.29, 0.717) is 18.3 Å². The topological polar surface area (TPSA) is 72.5 Å². The van der Waals surface area contributed by atoms with Gasteiger partial charge in [-0.1, -0.05) is 6.42 Å². The van der Waals surface area contributed by atoms with Gasteiger partial charge >= 0.3 is 5.97 Å². The first-order chi connectivity index (χ1) is 9.13. The van der Waals surface area contributed by atoms with E-state index in [4.69, 9.17) is 15.6 Å². The number of fused-ring (bicyclic) bond motifs is 2. The molecule has 4 nitrogen and oxygen atoms in total. The molecule has 1 aromatic carbocycles. The maximum atomic E-state index is 11.0. The summed E-state index contributed by atoms with van der Waals surface area (Å²) in [6.07, 6.45) is 5.34. The molecule has 4 heteroatoms. The molecule has 0 aromatic heterocycles. The van der Waals surface area contributed by atoms with Crippen molar-refractivity contribution in [2.75, 3.05) is 12.3 Å². The lowest BCUT2D eigenvalue weighted by atomic mass is 9.89. The first-order valence-electron chi connectivity index (χ1n) is 6.89. The molecule has 0 aliphatic heterocycles. The molecule has 3 N–H and O–H groups in total. The zero-order valence-electron chi connectivity index (χ0n) is 10.8. The Hall–Kier alpha value is -1.71. The summed E-state index contributed by atoms with van der Waals surface area (Å²) in [6.45, 7) is 0.699. The normalized spacial score (nSPS) is 28.5. The molecule has 0 heterocycles. The molecule has 1 aromatic rings. The molecular weight excluding hydrogens is 242 g/mol. The number of carbonyl (C=O) groups is 1. The maximum absolute atomic E-state index is 11.0. The van der Waals surface area contributed by atoms with Gasteiger partial charge in [-0.05, 0) is 55.2 Å². The van der Waals surface area contributed by atoms with Crippen molar-refractivity contribution in [1.29, 1.82) is 0 Å². The molecule has 0 radical (unpaired) electrons. The Morgan fingerprint density at radius 3 is 2.84 bits per heavy atom. The highest BCUT2D eigenvalue weighted by Crippen LogP contribution is 2.48. The van der Waals surface area contributed by atoms with Crippen molar-refractivity contribution in [2.24, 2.45) is 17.8 Å². The molecule has 2 aliphatic carbocycles. The van der Waals surface area contributed by atoms with Crippen LogP contribution < -0.4 is 10.5 Å². The lowest BCUT2D eigenvalue weighted by Crippen LogP contribution is -2.18. The minimum absolute atomic E-state index is 0.116. The lowest BCUT2D eigenvalue weighted by Gasteiger charge is -2.21. The van der Waals surface area contributed by atoms with E-state index in [0.717, 1.165) is 11.8 Å². The largest absolute Gasteiger partial charge is 0.493 e. The van der Waals surface area contributed by atoms with Gasteiger partial charge in [-0.2, -0.15) is 0 Å². The summed E-state index contributed by atoms with van der Waals surface area (Å²) in [5.41, 5.74) is 6.02. The number of anilines is 1. The SMILES string of the molecule is Nc1ccc(OCC2CC3CCC2C3)cc1C(=O)O. The quantitative estimate of drug-likeness (QED) is 0.817. The number of hydrogen-bond donors (Lipinski definition) is 2. The van der Waals surface area contributed by atoms with Crippen molar-refractivity contribution in [3.05, 3.63) is 23.8 Å². The van der Waals surface area contributed by atoms with Crippen LogP contribution in [0.2, 0.25) is 0 Å². The summed E-state index contributed by atoms with van der Waals surface area (Å²) in [7, 11) is 0. The zero-order chi connectivity index (χ0) is 13.4. The van der Waals surface area contributed by atoms with Crippen LogP contribution in [0.25, 0.3) is 0 Å². The zero-order valence-corrected chi connectivity index (χ0v) is 10.8. The second kappa shape index (κ2) is 4.76. The Labute approximate surface area is 112 Å². The van der Waals surface area contributed by atoms with Gasteiger partial charge in [0.1, 0.15) is 5.75 Å². The van der Waals surface area contributed by atoms with Crippen LogP contribution in [-0.2, 0) is 0 Å². The molecule has 19 heavy (non-hydrogen) atoms. The van der Waals surface area contributed by atoms with Crippen molar-refractivity contribution in [1.82, 2.24) is 0 Å². The number of benzene rings is 1. The minimum atomic E-state index is -1.01. The molecule has 102 valence electrons. The molecule has 0 saturated heterocycles. The Kier molecular flexibility index (Phi) is 3.09. The highest BCUT2D eigenvalue weighted by molar-refractivity contribution is 5.94. The van der Waals surface area contributed by atoms with Gasteiger partial charge in [-0.15, -0.1) is 0 Å². The number of aromatic carboxylic acids is 1. The van der Waals surface area contributed by atoms with E-state index < -0.39 is 5.97 Å². The number of nitrogens with two attached hydrogens (primary N) is 1. The number of hydrogen-bond acceptors (Lipinski definition) is 3. The molecule has 3 atom stereocenters.